The molecule has 1 aromatic rings. The molecule has 0 amide bonds. The highest BCUT2D eigenvalue weighted by Gasteiger charge is 2.21. The quantitative estimate of drug-likeness (QED) is 0.751. The van der Waals surface area contributed by atoms with Crippen LogP contribution < -0.4 is 4.72 Å². The summed E-state index contributed by atoms with van der Waals surface area (Å²) in [5.41, 5.74) is 0.459. The predicted molar refractivity (Wildman–Crippen MR) is 72.6 cm³/mol. The Kier molecular flexibility index (Phi) is 5.65. The van der Waals surface area contributed by atoms with Crippen molar-refractivity contribution in [1.82, 2.24) is 4.72 Å². The highest BCUT2D eigenvalue weighted by atomic mass is 32.2. The molecule has 0 saturated heterocycles. The van der Waals surface area contributed by atoms with Crippen LogP contribution in [-0.2, 0) is 10.0 Å². The SMILES string of the molecule is C=CCCS(=O)(=O)NC(C)C(O)c1ccc(F)cc1. The first-order valence-corrected chi connectivity index (χ1v) is 7.55. The van der Waals surface area contributed by atoms with E-state index in [1.165, 1.54) is 30.3 Å². The fourth-order valence-corrected chi connectivity index (χ4v) is 2.88. The van der Waals surface area contributed by atoms with E-state index < -0.39 is 28.0 Å². The van der Waals surface area contributed by atoms with Crippen LogP contribution in [0.5, 0.6) is 0 Å². The van der Waals surface area contributed by atoms with Crippen molar-refractivity contribution >= 4 is 10.0 Å². The molecule has 0 radical (unpaired) electrons. The van der Waals surface area contributed by atoms with Gasteiger partial charge in [0.25, 0.3) is 0 Å². The Morgan fingerprint density at radius 3 is 2.53 bits per heavy atom. The van der Waals surface area contributed by atoms with Crippen LogP contribution in [0.15, 0.2) is 36.9 Å². The molecule has 4 nitrogen and oxygen atoms in total. The first kappa shape index (κ1) is 15.8. The van der Waals surface area contributed by atoms with Gasteiger partial charge in [0.15, 0.2) is 0 Å². The monoisotopic (exact) mass is 287 g/mol. The Morgan fingerprint density at radius 1 is 1.42 bits per heavy atom. The summed E-state index contributed by atoms with van der Waals surface area (Å²) < 4.78 is 38.5. The molecule has 6 heteroatoms. The van der Waals surface area contributed by atoms with Crippen LogP contribution in [0, 0.1) is 5.82 Å². The third-order valence-electron chi connectivity index (χ3n) is 2.64. The van der Waals surface area contributed by atoms with Crippen molar-refractivity contribution in [3.05, 3.63) is 48.3 Å². The molecule has 2 N–H and O–H groups in total. The second-order valence-electron chi connectivity index (χ2n) is 4.30. The van der Waals surface area contributed by atoms with E-state index in [-0.39, 0.29) is 5.75 Å². The Hall–Kier alpha value is -1.24. The molecule has 0 aliphatic rings. The third kappa shape index (κ3) is 5.10. The minimum Gasteiger partial charge on any atom is -0.387 e. The zero-order valence-corrected chi connectivity index (χ0v) is 11.5. The Bertz CT molecular complexity index is 513. The summed E-state index contributed by atoms with van der Waals surface area (Å²) in [6.45, 7) is 5.01. The van der Waals surface area contributed by atoms with Gasteiger partial charge in [-0.1, -0.05) is 18.2 Å². The lowest BCUT2D eigenvalue weighted by Crippen LogP contribution is -2.38. The molecule has 2 atom stereocenters. The number of benzene rings is 1. The fraction of sp³-hybridized carbons (Fsp3) is 0.385. The number of aliphatic hydroxyl groups excluding tert-OH is 1. The van der Waals surface area contributed by atoms with Crippen LogP contribution in [-0.4, -0.2) is 25.3 Å². The summed E-state index contributed by atoms with van der Waals surface area (Å²) in [6.07, 6.45) is 0.828. The van der Waals surface area contributed by atoms with Crippen molar-refractivity contribution < 1.29 is 17.9 Å². The van der Waals surface area contributed by atoms with Crippen LogP contribution in [0.1, 0.15) is 25.0 Å². The van der Waals surface area contributed by atoms with E-state index in [0.29, 0.717) is 12.0 Å². The largest absolute Gasteiger partial charge is 0.387 e. The maximum absolute atomic E-state index is 12.8. The van der Waals surface area contributed by atoms with E-state index in [1.807, 2.05) is 0 Å². The second-order valence-corrected chi connectivity index (χ2v) is 6.17. The minimum atomic E-state index is -3.46. The van der Waals surface area contributed by atoms with Gasteiger partial charge in [0.1, 0.15) is 5.82 Å². The van der Waals surface area contributed by atoms with Crippen LogP contribution in [0.25, 0.3) is 0 Å². The summed E-state index contributed by atoms with van der Waals surface area (Å²) in [5, 5.41) is 10.00. The third-order valence-corrected chi connectivity index (χ3v) is 4.15. The molecule has 0 aromatic heterocycles. The zero-order chi connectivity index (χ0) is 14.5. The van der Waals surface area contributed by atoms with Crippen LogP contribution in [0.4, 0.5) is 4.39 Å². The van der Waals surface area contributed by atoms with Gasteiger partial charge in [-0.3, -0.25) is 0 Å². The van der Waals surface area contributed by atoms with E-state index in [2.05, 4.69) is 11.3 Å². The van der Waals surface area contributed by atoms with Gasteiger partial charge in [-0.2, -0.15) is 0 Å². The standard InChI is InChI=1S/C13H18FNO3S/c1-3-4-9-19(17,18)15-10(2)13(16)11-5-7-12(14)8-6-11/h3,5-8,10,13,15-16H,1,4,9H2,2H3. The van der Waals surface area contributed by atoms with Crippen molar-refractivity contribution in [3.63, 3.8) is 0 Å². The molecular formula is C13H18FNO3S. The number of allylic oxidation sites excluding steroid dienone is 1. The predicted octanol–water partition coefficient (Wildman–Crippen LogP) is 1.74. The molecule has 0 bridgehead atoms. The average molecular weight is 287 g/mol. The van der Waals surface area contributed by atoms with E-state index in [9.17, 15) is 17.9 Å². The molecule has 0 heterocycles. The van der Waals surface area contributed by atoms with Gasteiger partial charge in [0, 0.05) is 6.04 Å². The number of aliphatic hydroxyl groups is 1. The van der Waals surface area contributed by atoms with Crippen molar-refractivity contribution in [3.8, 4) is 0 Å². The maximum Gasteiger partial charge on any atom is 0.212 e. The molecule has 0 spiro atoms. The van der Waals surface area contributed by atoms with E-state index in [1.54, 1.807) is 6.92 Å². The normalized spacial score (nSPS) is 14.9. The Morgan fingerprint density at radius 2 is 2.00 bits per heavy atom. The highest BCUT2D eigenvalue weighted by Crippen LogP contribution is 2.17. The van der Waals surface area contributed by atoms with E-state index in [4.69, 9.17) is 0 Å². The van der Waals surface area contributed by atoms with Gasteiger partial charge < -0.3 is 5.11 Å². The number of sulfonamides is 1. The van der Waals surface area contributed by atoms with Gasteiger partial charge in [-0.25, -0.2) is 17.5 Å². The van der Waals surface area contributed by atoms with Crippen molar-refractivity contribution in [2.45, 2.75) is 25.5 Å². The Labute approximate surface area is 113 Å². The molecule has 106 valence electrons. The van der Waals surface area contributed by atoms with Crippen molar-refractivity contribution in [2.75, 3.05) is 5.75 Å². The number of hydrogen-bond acceptors (Lipinski definition) is 3. The number of rotatable bonds is 7. The lowest BCUT2D eigenvalue weighted by atomic mass is 10.0. The molecule has 0 saturated carbocycles. The smallest absolute Gasteiger partial charge is 0.212 e. The molecule has 0 aliphatic carbocycles. The lowest BCUT2D eigenvalue weighted by Gasteiger charge is -2.20. The second kappa shape index (κ2) is 6.79. The molecule has 1 rings (SSSR count). The van der Waals surface area contributed by atoms with Gasteiger partial charge in [-0.05, 0) is 31.0 Å². The van der Waals surface area contributed by atoms with Crippen molar-refractivity contribution in [2.24, 2.45) is 0 Å². The van der Waals surface area contributed by atoms with Crippen LogP contribution >= 0.6 is 0 Å². The molecular weight excluding hydrogens is 269 g/mol. The molecule has 0 fully saturated rings. The summed E-state index contributed by atoms with van der Waals surface area (Å²) in [4.78, 5) is 0. The zero-order valence-electron chi connectivity index (χ0n) is 10.7. The Balaban J connectivity index is 2.69. The molecule has 0 aliphatic heterocycles. The van der Waals surface area contributed by atoms with E-state index in [0.717, 1.165) is 0 Å². The maximum atomic E-state index is 12.8. The summed E-state index contributed by atoms with van der Waals surface area (Å²) in [6, 6.07) is 4.60. The van der Waals surface area contributed by atoms with Crippen LogP contribution in [0.3, 0.4) is 0 Å². The first-order valence-electron chi connectivity index (χ1n) is 5.90. The van der Waals surface area contributed by atoms with Gasteiger partial charge in [0.2, 0.25) is 10.0 Å². The number of halogens is 1. The number of hydrogen-bond donors (Lipinski definition) is 2. The highest BCUT2D eigenvalue weighted by molar-refractivity contribution is 7.89. The van der Waals surface area contributed by atoms with Gasteiger partial charge in [-0.15, -0.1) is 6.58 Å². The van der Waals surface area contributed by atoms with Crippen LogP contribution in [0.2, 0.25) is 0 Å². The molecule has 19 heavy (non-hydrogen) atoms. The minimum absolute atomic E-state index is 0.0724. The fourth-order valence-electron chi connectivity index (χ4n) is 1.59. The first-order chi connectivity index (χ1) is 8.85. The number of nitrogens with one attached hydrogen (secondary N) is 1. The van der Waals surface area contributed by atoms with Gasteiger partial charge >= 0.3 is 0 Å². The topological polar surface area (TPSA) is 66.4 Å². The van der Waals surface area contributed by atoms with Crippen molar-refractivity contribution in [1.29, 1.82) is 0 Å². The van der Waals surface area contributed by atoms with E-state index >= 15 is 0 Å². The molecule has 2 unspecified atom stereocenters. The summed E-state index contributed by atoms with van der Waals surface area (Å²) in [7, 11) is -3.46. The van der Waals surface area contributed by atoms with Gasteiger partial charge in [0.05, 0.1) is 11.9 Å². The molecule has 1 aromatic carbocycles. The summed E-state index contributed by atoms with van der Waals surface area (Å²) in [5.74, 6) is -0.480. The average Bonchev–Trinajstić information content (AvgIpc) is 2.36. The lowest BCUT2D eigenvalue weighted by molar-refractivity contribution is 0.146. The summed E-state index contributed by atoms with van der Waals surface area (Å²) >= 11 is 0.